The molecule has 0 saturated carbocycles. The summed E-state index contributed by atoms with van der Waals surface area (Å²) in [5, 5.41) is 4.38. The van der Waals surface area contributed by atoms with Gasteiger partial charge in [0.25, 0.3) is 0 Å². The van der Waals surface area contributed by atoms with Gasteiger partial charge in [-0.1, -0.05) is 54.9 Å². The third kappa shape index (κ3) is 4.69. The largest absolute Gasteiger partial charge is 0.462 e. The molecule has 0 unspecified atom stereocenters. The Balaban J connectivity index is 1.40. The van der Waals surface area contributed by atoms with Crippen molar-refractivity contribution in [3.8, 4) is 5.75 Å². The highest BCUT2D eigenvalue weighted by molar-refractivity contribution is 6.30. The van der Waals surface area contributed by atoms with Crippen LogP contribution in [0.5, 0.6) is 5.75 Å². The molecule has 5 nitrogen and oxygen atoms in total. The minimum absolute atomic E-state index is 0.151. The SMILES string of the molecule is CCCOC(=O)c1ccccc1OC(=O)c1ccc2c(c1)[C@@H]1C=CC[C@@H]1[C@@H](c1ccc(Cl)cc1)N2. The standard InChI is InChI=1S/C29H26ClNO4/c1-2-16-34-29(33)23-6-3-4-9-26(23)35-28(32)19-12-15-25-24(17-19)21-7-5-8-22(21)27(31-25)18-10-13-20(30)14-11-18/h3-7,9-15,17,21-22,27,31H,2,8,16H2,1H3/t21-,22+,27-/m1/s1. The number of allylic oxidation sites excluding steroid dienone is 2. The minimum Gasteiger partial charge on any atom is -0.462 e. The number of carbonyl (C=O) groups is 2. The van der Waals surface area contributed by atoms with E-state index in [1.807, 2.05) is 31.2 Å². The molecule has 3 aromatic rings. The van der Waals surface area contributed by atoms with Gasteiger partial charge in [-0.25, -0.2) is 9.59 Å². The Labute approximate surface area is 209 Å². The van der Waals surface area contributed by atoms with Gasteiger partial charge in [0, 0.05) is 16.6 Å². The summed E-state index contributed by atoms with van der Waals surface area (Å²) in [6.45, 7) is 2.23. The molecule has 1 aliphatic heterocycles. The Hall–Kier alpha value is -3.57. The lowest BCUT2D eigenvalue weighted by Gasteiger charge is -2.37. The number of para-hydroxylation sites is 1. The fourth-order valence-corrected chi connectivity index (χ4v) is 5.00. The zero-order chi connectivity index (χ0) is 24.4. The fraction of sp³-hybridized carbons (Fsp3) is 0.241. The number of benzene rings is 3. The third-order valence-electron chi connectivity index (χ3n) is 6.57. The normalized spacial score (nSPS) is 19.9. The highest BCUT2D eigenvalue weighted by Gasteiger charge is 2.38. The monoisotopic (exact) mass is 487 g/mol. The first-order valence-electron chi connectivity index (χ1n) is 11.9. The molecule has 2 aliphatic rings. The van der Waals surface area contributed by atoms with Crippen molar-refractivity contribution >= 4 is 29.2 Å². The quantitative estimate of drug-likeness (QED) is 0.231. The fourth-order valence-electron chi connectivity index (χ4n) is 4.88. The molecule has 35 heavy (non-hydrogen) atoms. The summed E-state index contributed by atoms with van der Waals surface area (Å²) in [4.78, 5) is 25.5. The number of rotatable bonds is 6. The second kappa shape index (κ2) is 9.96. The van der Waals surface area contributed by atoms with Crippen molar-refractivity contribution in [2.45, 2.75) is 31.7 Å². The van der Waals surface area contributed by atoms with Crippen molar-refractivity contribution in [2.24, 2.45) is 5.92 Å². The van der Waals surface area contributed by atoms with E-state index in [1.165, 1.54) is 5.56 Å². The average Bonchev–Trinajstić information content (AvgIpc) is 3.38. The lowest BCUT2D eigenvalue weighted by atomic mass is 9.76. The van der Waals surface area contributed by atoms with E-state index in [-0.39, 0.29) is 23.3 Å². The van der Waals surface area contributed by atoms with Gasteiger partial charge in [0.2, 0.25) is 0 Å². The molecular formula is C29H26ClNO4. The van der Waals surface area contributed by atoms with Crippen LogP contribution in [-0.2, 0) is 4.74 Å². The van der Waals surface area contributed by atoms with E-state index in [4.69, 9.17) is 21.1 Å². The lowest BCUT2D eigenvalue weighted by Crippen LogP contribution is -2.29. The van der Waals surface area contributed by atoms with E-state index < -0.39 is 11.9 Å². The molecule has 1 aliphatic carbocycles. The van der Waals surface area contributed by atoms with Gasteiger partial charge in [-0.3, -0.25) is 0 Å². The number of fused-ring (bicyclic) bond motifs is 3. The highest BCUT2D eigenvalue weighted by atomic mass is 35.5. The van der Waals surface area contributed by atoms with Crippen LogP contribution in [0.15, 0.2) is 78.9 Å². The van der Waals surface area contributed by atoms with Crippen LogP contribution in [0.3, 0.4) is 0 Å². The molecule has 5 rings (SSSR count). The van der Waals surface area contributed by atoms with Crippen molar-refractivity contribution in [2.75, 3.05) is 11.9 Å². The van der Waals surface area contributed by atoms with Crippen LogP contribution in [0.1, 0.15) is 63.6 Å². The highest BCUT2D eigenvalue weighted by Crippen LogP contribution is 2.50. The van der Waals surface area contributed by atoms with Crippen LogP contribution in [0, 0.1) is 5.92 Å². The molecule has 1 heterocycles. The Kier molecular flexibility index (Phi) is 6.60. The molecular weight excluding hydrogens is 462 g/mol. The molecule has 3 aromatic carbocycles. The number of hydrogen-bond acceptors (Lipinski definition) is 5. The van der Waals surface area contributed by atoms with Crippen LogP contribution in [-0.4, -0.2) is 18.5 Å². The molecule has 0 aromatic heterocycles. The van der Waals surface area contributed by atoms with E-state index in [0.717, 1.165) is 22.7 Å². The van der Waals surface area contributed by atoms with Gasteiger partial charge in [0.15, 0.2) is 0 Å². The number of hydrogen-bond donors (Lipinski definition) is 1. The van der Waals surface area contributed by atoms with Gasteiger partial charge in [-0.2, -0.15) is 0 Å². The first-order chi connectivity index (χ1) is 17.0. The smallest absolute Gasteiger partial charge is 0.343 e. The van der Waals surface area contributed by atoms with Crippen LogP contribution >= 0.6 is 11.6 Å². The predicted molar refractivity (Wildman–Crippen MR) is 136 cm³/mol. The van der Waals surface area contributed by atoms with Crippen LogP contribution in [0.4, 0.5) is 5.69 Å². The van der Waals surface area contributed by atoms with E-state index in [0.29, 0.717) is 24.5 Å². The molecule has 178 valence electrons. The maximum absolute atomic E-state index is 13.1. The van der Waals surface area contributed by atoms with Gasteiger partial charge in [0.05, 0.1) is 18.2 Å². The lowest BCUT2D eigenvalue weighted by molar-refractivity contribution is 0.0499. The summed E-state index contributed by atoms with van der Waals surface area (Å²) in [7, 11) is 0. The molecule has 1 N–H and O–H groups in total. The number of nitrogens with one attached hydrogen (secondary N) is 1. The summed E-state index contributed by atoms with van der Waals surface area (Å²) in [5.41, 5.74) is 3.93. The van der Waals surface area contributed by atoms with E-state index in [2.05, 4.69) is 29.6 Å². The number of carbonyl (C=O) groups excluding carboxylic acids is 2. The number of anilines is 1. The van der Waals surface area contributed by atoms with Gasteiger partial charge in [0.1, 0.15) is 11.3 Å². The molecule has 6 heteroatoms. The van der Waals surface area contributed by atoms with Crippen LogP contribution in [0.25, 0.3) is 0 Å². The second-order valence-electron chi connectivity index (χ2n) is 8.85. The maximum Gasteiger partial charge on any atom is 0.343 e. The zero-order valence-electron chi connectivity index (χ0n) is 19.4. The zero-order valence-corrected chi connectivity index (χ0v) is 20.1. The van der Waals surface area contributed by atoms with Crippen molar-refractivity contribution in [1.29, 1.82) is 0 Å². The molecule has 0 fully saturated rings. The molecule has 0 radical (unpaired) electrons. The molecule has 0 amide bonds. The third-order valence-corrected chi connectivity index (χ3v) is 6.83. The predicted octanol–water partition coefficient (Wildman–Crippen LogP) is 6.95. The number of esters is 2. The van der Waals surface area contributed by atoms with E-state index >= 15 is 0 Å². The molecule has 0 saturated heterocycles. The molecule has 3 atom stereocenters. The Morgan fingerprint density at radius 3 is 2.63 bits per heavy atom. The van der Waals surface area contributed by atoms with Gasteiger partial charge < -0.3 is 14.8 Å². The maximum atomic E-state index is 13.1. The summed E-state index contributed by atoms with van der Waals surface area (Å²) >= 11 is 6.10. The summed E-state index contributed by atoms with van der Waals surface area (Å²) in [5.74, 6) is -0.296. The first kappa shape index (κ1) is 23.2. The minimum atomic E-state index is -0.512. The van der Waals surface area contributed by atoms with Crippen molar-refractivity contribution in [1.82, 2.24) is 0 Å². The summed E-state index contributed by atoms with van der Waals surface area (Å²) in [6.07, 6.45) is 6.10. The second-order valence-corrected chi connectivity index (χ2v) is 9.29. The van der Waals surface area contributed by atoms with E-state index in [9.17, 15) is 9.59 Å². The molecule has 0 spiro atoms. The Bertz CT molecular complexity index is 1280. The van der Waals surface area contributed by atoms with Crippen molar-refractivity contribution < 1.29 is 19.1 Å². The summed E-state index contributed by atoms with van der Waals surface area (Å²) in [6, 6.07) is 20.3. The number of ether oxygens (including phenoxy) is 2. The Morgan fingerprint density at radius 2 is 1.83 bits per heavy atom. The van der Waals surface area contributed by atoms with Crippen LogP contribution in [0.2, 0.25) is 5.02 Å². The topological polar surface area (TPSA) is 64.6 Å². The van der Waals surface area contributed by atoms with Crippen LogP contribution < -0.4 is 10.1 Å². The van der Waals surface area contributed by atoms with Crippen molar-refractivity contribution in [3.63, 3.8) is 0 Å². The molecule has 0 bridgehead atoms. The van der Waals surface area contributed by atoms with Gasteiger partial charge >= 0.3 is 11.9 Å². The van der Waals surface area contributed by atoms with E-state index in [1.54, 1.807) is 30.3 Å². The Morgan fingerprint density at radius 1 is 1.03 bits per heavy atom. The summed E-state index contributed by atoms with van der Waals surface area (Å²) < 4.78 is 10.9. The van der Waals surface area contributed by atoms with Gasteiger partial charge in [-0.05, 0) is 72.4 Å². The average molecular weight is 488 g/mol. The van der Waals surface area contributed by atoms with Crippen molar-refractivity contribution in [3.05, 3.63) is 106 Å². The number of halogens is 1. The van der Waals surface area contributed by atoms with Gasteiger partial charge in [-0.15, -0.1) is 0 Å². The first-order valence-corrected chi connectivity index (χ1v) is 12.2.